The van der Waals surface area contributed by atoms with Crippen LogP contribution in [0.1, 0.15) is 35.7 Å². The maximum atomic E-state index is 12.2. The Hall–Kier alpha value is -1.36. The third kappa shape index (κ3) is 3.20. The quantitative estimate of drug-likeness (QED) is 0.792. The maximum Gasteiger partial charge on any atom is 0.263 e. The van der Waals surface area contributed by atoms with Gasteiger partial charge in [0.15, 0.2) is 12.4 Å². The van der Waals surface area contributed by atoms with Gasteiger partial charge in [-0.15, -0.1) is 0 Å². The van der Waals surface area contributed by atoms with E-state index >= 15 is 0 Å². The molecule has 1 atom stereocenters. The van der Waals surface area contributed by atoms with Crippen molar-refractivity contribution in [3.63, 3.8) is 0 Å². The van der Waals surface area contributed by atoms with Crippen LogP contribution in [-0.4, -0.2) is 36.3 Å². The van der Waals surface area contributed by atoms with E-state index in [4.69, 9.17) is 4.74 Å². The van der Waals surface area contributed by atoms with Gasteiger partial charge in [-0.05, 0) is 44.4 Å². The maximum absolute atomic E-state index is 12.2. The van der Waals surface area contributed by atoms with Crippen molar-refractivity contribution in [1.29, 1.82) is 0 Å². The normalized spacial score (nSPS) is 16.1. The van der Waals surface area contributed by atoms with E-state index in [1.807, 2.05) is 17.9 Å². The standard InChI is InChI=1S/C15H18BrNO3/c1-10-7-13(16)8-12(9-18)14(10)20-11(2)15(19)17-5-3-4-6-17/h7-9,11H,3-6H2,1-2H3. The van der Waals surface area contributed by atoms with Crippen LogP contribution in [0.25, 0.3) is 0 Å². The third-order valence-electron chi connectivity index (χ3n) is 3.46. The minimum absolute atomic E-state index is 0.0123. The minimum atomic E-state index is -0.577. The minimum Gasteiger partial charge on any atom is -0.480 e. The molecule has 108 valence electrons. The lowest BCUT2D eigenvalue weighted by molar-refractivity contribution is -0.136. The predicted octanol–water partition coefficient (Wildman–Crippen LogP) is 2.96. The number of ether oxygens (including phenoxy) is 1. The lowest BCUT2D eigenvalue weighted by atomic mass is 10.1. The van der Waals surface area contributed by atoms with E-state index in [-0.39, 0.29) is 5.91 Å². The number of benzene rings is 1. The Morgan fingerprint density at radius 2 is 2.05 bits per heavy atom. The fraction of sp³-hybridized carbons (Fsp3) is 0.467. The van der Waals surface area contributed by atoms with E-state index in [2.05, 4.69) is 15.9 Å². The Morgan fingerprint density at radius 1 is 1.40 bits per heavy atom. The predicted molar refractivity (Wildman–Crippen MR) is 80.2 cm³/mol. The van der Waals surface area contributed by atoms with Crippen LogP contribution in [0.15, 0.2) is 16.6 Å². The molecule has 1 saturated heterocycles. The summed E-state index contributed by atoms with van der Waals surface area (Å²) in [5.74, 6) is 0.477. The van der Waals surface area contributed by atoms with Crippen LogP contribution >= 0.6 is 15.9 Å². The second kappa shape index (κ2) is 6.39. The number of carbonyl (C=O) groups excluding carboxylic acids is 2. The molecule has 0 N–H and O–H groups in total. The van der Waals surface area contributed by atoms with E-state index in [0.717, 1.165) is 42.3 Å². The van der Waals surface area contributed by atoms with Gasteiger partial charge in [0.25, 0.3) is 5.91 Å². The van der Waals surface area contributed by atoms with Gasteiger partial charge in [-0.1, -0.05) is 15.9 Å². The molecule has 20 heavy (non-hydrogen) atoms. The molecule has 0 bridgehead atoms. The van der Waals surface area contributed by atoms with Crippen molar-refractivity contribution in [2.75, 3.05) is 13.1 Å². The lowest BCUT2D eigenvalue weighted by Crippen LogP contribution is -2.38. The van der Waals surface area contributed by atoms with Crippen LogP contribution < -0.4 is 4.74 Å². The van der Waals surface area contributed by atoms with Crippen LogP contribution in [0.5, 0.6) is 5.75 Å². The molecule has 0 saturated carbocycles. The summed E-state index contributed by atoms with van der Waals surface area (Å²) >= 11 is 3.35. The van der Waals surface area contributed by atoms with Gasteiger partial charge in [0, 0.05) is 17.6 Å². The molecular formula is C15H18BrNO3. The zero-order chi connectivity index (χ0) is 14.7. The molecule has 1 fully saturated rings. The first-order chi connectivity index (χ1) is 9.52. The van der Waals surface area contributed by atoms with E-state index in [0.29, 0.717) is 11.3 Å². The highest BCUT2D eigenvalue weighted by Crippen LogP contribution is 2.28. The van der Waals surface area contributed by atoms with Crippen LogP contribution in [0.4, 0.5) is 0 Å². The van der Waals surface area contributed by atoms with Crippen molar-refractivity contribution in [2.45, 2.75) is 32.8 Å². The summed E-state index contributed by atoms with van der Waals surface area (Å²) in [6.07, 6.45) is 2.27. The molecular weight excluding hydrogens is 322 g/mol. The van der Waals surface area contributed by atoms with Crippen LogP contribution in [0, 0.1) is 6.92 Å². The molecule has 1 aromatic carbocycles. The Bertz CT molecular complexity index is 524. The van der Waals surface area contributed by atoms with Crippen molar-refractivity contribution >= 4 is 28.1 Å². The summed E-state index contributed by atoms with van der Waals surface area (Å²) in [5.41, 5.74) is 1.29. The molecule has 1 aliphatic heterocycles. The Morgan fingerprint density at radius 3 is 2.65 bits per heavy atom. The summed E-state index contributed by atoms with van der Waals surface area (Å²) in [5, 5.41) is 0. The van der Waals surface area contributed by atoms with Crippen molar-refractivity contribution in [3.8, 4) is 5.75 Å². The number of likely N-dealkylation sites (tertiary alicyclic amines) is 1. The van der Waals surface area contributed by atoms with Gasteiger partial charge in [-0.25, -0.2) is 0 Å². The number of hydrogen-bond acceptors (Lipinski definition) is 3. The SMILES string of the molecule is Cc1cc(Br)cc(C=O)c1OC(C)C(=O)N1CCCC1. The molecule has 0 radical (unpaired) electrons. The Labute approximate surface area is 127 Å². The molecule has 0 aliphatic carbocycles. The average molecular weight is 340 g/mol. The summed E-state index contributed by atoms with van der Waals surface area (Å²) in [4.78, 5) is 25.2. The van der Waals surface area contributed by atoms with Gasteiger partial charge < -0.3 is 9.64 Å². The Balaban J connectivity index is 2.16. The molecule has 2 rings (SSSR count). The second-order valence-corrected chi connectivity index (χ2v) is 5.97. The molecule has 0 aromatic heterocycles. The summed E-state index contributed by atoms with van der Waals surface area (Å²) < 4.78 is 6.58. The number of amides is 1. The number of rotatable bonds is 4. The van der Waals surface area contributed by atoms with Crippen molar-refractivity contribution < 1.29 is 14.3 Å². The zero-order valence-electron chi connectivity index (χ0n) is 11.7. The van der Waals surface area contributed by atoms with E-state index in [9.17, 15) is 9.59 Å². The van der Waals surface area contributed by atoms with Gasteiger partial charge in [-0.3, -0.25) is 9.59 Å². The van der Waals surface area contributed by atoms with Gasteiger partial charge in [0.1, 0.15) is 5.75 Å². The average Bonchev–Trinajstić information content (AvgIpc) is 2.94. The van der Waals surface area contributed by atoms with Crippen molar-refractivity contribution in [2.24, 2.45) is 0 Å². The van der Waals surface area contributed by atoms with Crippen LogP contribution in [0.2, 0.25) is 0 Å². The first kappa shape index (κ1) is 15.0. The molecule has 1 aromatic rings. The molecule has 1 unspecified atom stereocenters. The monoisotopic (exact) mass is 339 g/mol. The summed E-state index contributed by atoms with van der Waals surface area (Å²) in [6, 6.07) is 3.57. The fourth-order valence-electron chi connectivity index (χ4n) is 2.43. The number of hydrogen-bond donors (Lipinski definition) is 0. The van der Waals surface area contributed by atoms with E-state index < -0.39 is 6.10 Å². The first-order valence-corrected chi connectivity index (χ1v) is 7.53. The van der Waals surface area contributed by atoms with Gasteiger partial charge in [0.2, 0.25) is 0 Å². The highest BCUT2D eigenvalue weighted by Gasteiger charge is 2.25. The summed E-state index contributed by atoms with van der Waals surface area (Å²) in [7, 11) is 0. The Kier molecular flexibility index (Phi) is 4.81. The molecule has 5 heteroatoms. The van der Waals surface area contributed by atoms with Crippen molar-refractivity contribution in [1.82, 2.24) is 4.90 Å². The van der Waals surface area contributed by atoms with Crippen LogP contribution in [0.3, 0.4) is 0 Å². The molecule has 1 aliphatic rings. The number of carbonyl (C=O) groups is 2. The molecule has 1 amide bonds. The molecule has 4 nitrogen and oxygen atoms in total. The highest BCUT2D eigenvalue weighted by molar-refractivity contribution is 9.10. The number of aryl methyl sites for hydroxylation is 1. The zero-order valence-corrected chi connectivity index (χ0v) is 13.3. The summed E-state index contributed by atoms with van der Waals surface area (Å²) in [6.45, 7) is 5.19. The van der Waals surface area contributed by atoms with E-state index in [1.54, 1.807) is 13.0 Å². The second-order valence-electron chi connectivity index (χ2n) is 5.05. The number of aldehydes is 1. The molecule has 0 spiro atoms. The van der Waals surface area contributed by atoms with Gasteiger partial charge in [-0.2, -0.15) is 0 Å². The van der Waals surface area contributed by atoms with Crippen LogP contribution in [-0.2, 0) is 4.79 Å². The van der Waals surface area contributed by atoms with Gasteiger partial charge >= 0.3 is 0 Å². The molecule has 1 heterocycles. The topological polar surface area (TPSA) is 46.6 Å². The van der Waals surface area contributed by atoms with Crippen molar-refractivity contribution in [3.05, 3.63) is 27.7 Å². The largest absolute Gasteiger partial charge is 0.480 e. The third-order valence-corrected chi connectivity index (χ3v) is 3.91. The smallest absolute Gasteiger partial charge is 0.263 e. The number of nitrogens with zero attached hydrogens (tertiary/aromatic N) is 1. The lowest BCUT2D eigenvalue weighted by Gasteiger charge is -2.22. The first-order valence-electron chi connectivity index (χ1n) is 6.73. The van der Waals surface area contributed by atoms with E-state index in [1.165, 1.54) is 0 Å². The number of halogens is 1. The van der Waals surface area contributed by atoms with Gasteiger partial charge in [0.05, 0.1) is 5.56 Å². The fourth-order valence-corrected chi connectivity index (χ4v) is 3.02. The highest BCUT2D eigenvalue weighted by atomic mass is 79.9.